The maximum absolute atomic E-state index is 5.81. The Morgan fingerprint density at radius 3 is 1.64 bits per heavy atom. The van der Waals surface area contributed by atoms with Gasteiger partial charge >= 0.3 is 0 Å². The van der Waals surface area contributed by atoms with Gasteiger partial charge in [-0.15, -0.1) is 0 Å². The molecule has 0 amide bonds. The van der Waals surface area contributed by atoms with E-state index in [2.05, 4.69) is 48.5 Å². The standard InChI is InChI=1S/C17H21O2PS2/c1-3-18-20(21,19-4-2)22-17(15-11-7-5-8-12-15)16-13-9-6-10-14-16/h5-14,17H,3-4H2,1-2H3. The monoisotopic (exact) mass is 352 g/mol. The van der Waals surface area contributed by atoms with Crippen molar-refractivity contribution in [1.82, 2.24) is 0 Å². The van der Waals surface area contributed by atoms with Crippen molar-refractivity contribution in [2.24, 2.45) is 0 Å². The molecule has 2 aromatic rings. The van der Waals surface area contributed by atoms with E-state index in [4.69, 9.17) is 20.9 Å². The van der Waals surface area contributed by atoms with Crippen molar-refractivity contribution in [3.05, 3.63) is 71.8 Å². The molecule has 0 unspecified atom stereocenters. The van der Waals surface area contributed by atoms with Gasteiger partial charge < -0.3 is 9.05 Å². The zero-order valence-corrected chi connectivity index (χ0v) is 15.4. The van der Waals surface area contributed by atoms with Gasteiger partial charge in [-0.3, -0.25) is 0 Å². The van der Waals surface area contributed by atoms with Crippen molar-refractivity contribution < 1.29 is 9.05 Å². The molecule has 0 saturated heterocycles. The van der Waals surface area contributed by atoms with Crippen molar-refractivity contribution in [3.63, 3.8) is 0 Å². The molecule has 0 aromatic heterocycles. The molecule has 22 heavy (non-hydrogen) atoms. The Morgan fingerprint density at radius 1 is 0.864 bits per heavy atom. The van der Waals surface area contributed by atoms with E-state index in [9.17, 15) is 0 Å². The normalized spacial score (nSPS) is 11.8. The molecule has 0 spiro atoms. The topological polar surface area (TPSA) is 18.5 Å². The van der Waals surface area contributed by atoms with Crippen LogP contribution < -0.4 is 0 Å². The number of benzene rings is 2. The molecule has 0 N–H and O–H groups in total. The van der Waals surface area contributed by atoms with E-state index < -0.39 is 5.69 Å². The largest absolute Gasteiger partial charge is 0.322 e. The van der Waals surface area contributed by atoms with E-state index in [1.54, 1.807) is 11.4 Å². The first-order valence-corrected chi connectivity index (χ1v) is 11.5. The molecule has 0 aliphatic heterocycles. The van der Waals surface area contributed by atoms with Crippen LogP contribution in [-0.4, -0.2) is 13.2 Å². The highest BCUT2D eigenvalue weighted by molar-refractivity contribution is 8.68. The first-order chi connectivity index (χ1) is 10.7. The lowest BCUT2D eigenvalue weighted by molar-refractivity contribution is 0.280. The first kappa shape index (κ1) is 17.7. The summed E-state index contributed by atoms with van der Waals surface area (Å²) in [6.07, 6.45) is 0. The fourth-order valence-electron chi connectivity index (χ4n) is 2.11. The predicted molar refractivity (Wildman–Crippen MR) is 99.9 cm³/mol. The van der Waals surface area contributed by atoms with E-state index in [0.29, 0.717) is 13.2 Å². The molecule has 0 radical (unpaired) electrons. The minimum Gasteiger partial charge on any atom is -0.322 e. The van der Waals surface area contributed by atoms with Crippen molar-refractivity contribution >= 4 is 28.9 Å². The molecule has 2 nitrogen and oxygen atoms in total. The molecule has 0 saturated carbocycles. The van der Waals surface area contributed by atoms with Crippen molar-refractivity contribution in [3.8, 4) is 0 Å². The van der Waals surface area contributed by atoms with Gasteiger partial charge in [0.1, 0.15) is 0 Å². The zero-order valence-electron chi connectivity index (χ0n) is 12.8. The van der Waals surface area contributed by atoms with Gasteiger partial charge in [0.15, 0.2) is 0 Å². The van der Waals surface area contributed by atoms with Gasteiger partial charge in [-0.1, -0.05) is 72.0 Å². The fraction of sp³-hybridized carbons (Fsp3) is 0.294. The molecule has 2 rings (SSSR count). The van der Waals surface area contributed by atoms with Crippen molar-refractivity contribution in [1.29, 1.82) is 0 Å². The number of hydrogen-bond donors (Lipinski definition) is 0. The summed E-state index contributed by atoms with van der Waals surface area (Å²) in [7, 11) is 0. The smallest absolute Gasteiger partial charge is 0.248 e. The minimum atomic E-state index is -2.36. The predicted octanol–water partition coefficient (Wildman–Crippen LogP) is 5.81. The molecule has 0 aliphatic rings. The highest BCUT2D eigenvalue weighted by Gasteiger charge is 2.27. The zero-order chi connectivity index (χ0) is 15.8. The summed E-state index contributed by atoms with van der Waals surface area (Å²) in [6.45, 7) is 5.06. The summed E-state index contributed by atoms with van der Waals surface area (Å²) >= 11 is 7.33. The Morgan fingerprint density at radius 2 is 1.27 bits per heavy atom. The van der Waals surface area contributed by atoms with Crippen LogP contribution in [0.3, 0.4) is 0 Å². The van der Waals surface area contributed by atoms with E-state index in [1.807, 2.05) is 26.0 Å². The molecule has 5 heteroatoms. The summed E-state index contributed by atoms with van der Waals surface area (Å²) in [4.78, 5) is 0. The Kier molecular flexibility index (Phi) is 7.13. The Bertz CT molecular complexity index is 555. The lowest BCUT2D eigenvalue weighted by Gasteiger charge is -2.26. The molecule has 0 aliphatic carbocycles. The van der Waals surface area contributed by atoms with Gasteiger partial charge in [-0.25, -0.2) is 0 Å². The van der Waals surface area contributed by atoms with Crippen LogP contribution in [0.1, 0.15) is 30.2 Å². The van der Waals surface area contributed by atoms with E-state index in [0.717, 1.165) is 0 Å². The lowest BCUT2D eigenvalue weighted by atomic mass is 10.0. The van der Waals surface area contributed by atoms with E-state index in [1.165, 1.54) is 11.1 Å². The van der Waals surface area contributed by atoms with Crippen LogP contribution in [0.5, 0.6) is 0 Å². The second-order valence-electron chi connectivity index (χ2n) is 4.59. The second kappa shape index (κ2) is 8.85. The molecule has 0 atom stereocenters. The summed E-state index contributed by atoms with van der Waals surface area (Å²) in [5.41, 5.74) is 0.0739. The van der Waals surface area contributed by atoms with Gasteiger partial charge in [0, 0.05) is 0 Å². The molecule has 0 heterocycles. The average molecular weight is 352 g/mol. The molecular weight excluding hydrogens is 331 g/mol. The summed E-state index contributed by atoms with van der Waals surface area (Å²) in [5.74, 6) is 0. The van der Waals surface area contributed by atoms with Gasteiger partial charge in [0.2, 0.25) is 5.69 Å². The van der Waals surface area contributed by atoms with Gasteiger partial charge in [0.05, 0.1) is 18.5 Å². The molecular formula is C17H21O2PS2. The SMILES string of the molecule is CCOP(=S)(OCC)SC(c1ccccc1)c1ccccc1. The third-order valence-electron chi connectivity index (χ3n) is 3.01. The van der Waals surface area contributed by atoms with Crippen LogP contribution in [0.15, 0.2) is 60.7 Å². The van der Waals surface area contributed by atoms with Crippen LogP contribution >= 0.6 is 17.1 Å². The maximum Gasteiger partial charge on any atom is 0.248 e. The lowest BCUT2D eigenvalue weighted by Crippen LogP contribution is -2.00. The fourth-order valence-corrected chi connectivity index (χ4v) is 7.67. The van der Waals surface area contributed by atoms with Gasteiger partial charge in [-0.2, -0.15) is 0 Å². The van der Waals surface area contributed by atoms with Crippen molar-refractivity contribution in [2.75, 3.05) is 13.2 Å². The minimum absolute atomic E-state index is 0.117. The highest BCUT2D eigenvalue weighted by Crippen LogP contribution is 2.67. The second-order valence-corrected chi connectivity index (χ2v) is 10.9. The maximum atomic E-state index is 5.81. The van der Waals surface area contributed by atoms with E-state index in [-0.39, 0.29) is 5.25 Å². The summed E-state index contributed by atoms with van der Waals surface area (Å²) in [6, 6.07) is 20.8. The Labute approximate surface area is 142 Å². The average Bonchev–Trinajstić information content (AvgIpc) is 2.55. The van der Waals surface area contributed by atoms with E-state index >= 15 is 0 Å². The first-order valence-electron chi connectivity index (χ1n) is 7.36. The van der Waals surface area contributed by atoms with Gasteiger partial charge in [0.25, 0.3) is 0 Å². The number of rotatable bonds is 8. The van der Waals surface area contributed by atoms with Crippen LogP contribution in [0.25, 0.3) is 0 Å². The van der Waals surface area contributed by atoms with Crippen LogP contribution in [0, 0.1) is 0 Å². The highest BCUT2D eigenvalue weighted by atomic mass is 32.9. The van der Waals surface area contributed by atoms with Crippen LogP contribution in [0.2, 0.25) is 0 Å². The summed E-state index contributed by atoms with van der Waals surface area (Å²) < 4.78 is 11.6. The molecule has 0 fully saturated rings. The summed E-state index contributed by atoms with van der Waals surface area (Å²) in [5, 5.41) is 0.117. The molecule has 0 bridgehead atoms. The third-order valence-corrected chi connectivity index (χ3v) is 8.62. The number of hydrogen-bond acceptors (Lipinski definition) is 4. The van der Waals surface area contributed by atoms with Crippen LogP contribution in [-0.2, 0) is 20.9 Å². The van der Waals surface area contributed by atoms with Crippen LogP contribution in [0.4, 0.5) is 0 Å². The quantitative estimate of drug-likeness (QED) is 0.558. The third kappa shape index (κ3) is 4.94. The Balaban J connectivity index is 2.35. The van der Waals surface area contributed by atoms with Gasteiger partial charge in [-0.05, 0) is 36.8 Å². The Hall–Kier alpha value is -0.640. The van der Waals surface area contributed by atoms with Crippen molar-refractivity contribution in [2.45, 2.75) is 19.1 Å². The molecule has 118 valence electrons. The molecule has 2 aromatic carbocycles.